The summed E-state index contributed by atoms with van der Waals surface area (Å²) in [6.45, 7) is 4.05. The number of carbonyl (C=O) groups excluding carboxylic acids is 1. The fraction of sp³-hybridized carbons (Fsp3) is 0.500. The largest absolute Gasteiger partial charge is 0.378 e. The first-order chi connectivity index (χ1) is 11.9. The van der Waals surface area contributed by atoms with Crippen molar-refractivity contribution in [1.29, 1.82) is 0 Å². The van der Waals surface area contributed by atoms with E-state index in [1.165, 1.54) is 17.0 Å². The molecule has 25 heavy (non-hydrogen) atoms. The highest BCUT2D eigenvalue weighted by Crippen LogP contribution is 2.34. The molecule has 9 heteroatoms. The summed E-state index contributed by atoms with van der Waals surface area (Å²) in [5, 5.41) is 5.76. The summed E-state index contributed by atoms with van der Waals surface area (Å²) in [6.07, 6.45) is 1.73. The topological polar surface area (TPSA) is 79.3 Å². The Morgan fingerprint density at radius 3 is 2.72 bits per heavy atom. The van der Waals surface area contributed by atoms with Crippen molar-refractivity contribution < 1.29 is 17.9 Å². The van der Waals surface area contributed by atoms with Crippen LogP contribution in [0, 0.1) is 0 Å². The van der Waals surface area contributed by atoms with E-state index in [1.807, 2.05) is 6.92 Å². The second-order valence-corrected chi connectivity index (χ2v) is 8.17. The summed E-state index contributed by atoms with van der Waals surface area (Å²) in [6, 6.07) is 4.52. The Kier molecular flexibility index (Phi) is 5.31. The molecule has 1 fully saturated rings. The highest BCUT2D eigenvalue weighted by molar-refractivity contribution is 8.08. The average molecular weight is 386 g/mol. The molecule has 0 bridgehead atoms. The van der Waals surface area contributed by atoms with Crippen LogP contribution in [0.4, 0.5) is 5.69 Å². The normalized spacial score (nSPS) is 19.4. The Morgan fingerprint density at radius 2 is 2.04 bits per heavy atom. The molecule has 136 valence electrons. The maximum Gasteiger partial charge on any atom is 0.286 e. The minimum atomic E-state index is -3.99. The molecule has 1 aromatic rings. The Labute approximate surface area is 152 Å². The Balaban J connectivity index is 2.03. The number of hydrazone groups is 1. The molecule has 7 nitrogen and oxygen atoms in total. The van der Waals surface area contributed by atoms with Gasteiger partial charge in [0, 0.05) is 24.7 Å². The van der Waals surface area contributed by atoms with Gasteiger partial charge in [0.2, 0.25) is 14.9 Å². The summed E-state index contributed by atoms with van der Waals surface area (Å²) in [5.41, 5.74) is 0.416. The van der Waals surface area contributed by atoms with E-state index >= 15 is 0 Å². The Bertz CT molecular complexity index is 804. The zero-order chi connectivity index (χ0) is 18.0. The van der Waals surface area contributed by atoms with Crippen LogP contribution in [0.5, 0.6) is 0 Å². The lowest BCUT2D eigenvalue weighted by atomic mass is 10.2. The molecule has 1 saturated heterocycles. The van der Waals surface area contributed by atoms with E-state index in [0.717, 1.165) is 12.8 Å². The number of carbonyl (C=O) groups is 1. The molecule has 0 aliphatic carbocycles. The van der Waals surface area contributed by atoms with Gasteiger partial charge >= 0.3 is 0 Å². The number of sulfone groups is 1. The Morgan fingerprint density at radius 1 is 1.32 bits per heavy atom. The third-order valence-corrected chi connectivity index (χ3v) is 6.08. The minimum Gasteiger partial charge on any atom is -0.378 e. The van der Waals surface area contributed by atoms with E-state index in [4.69, 9.17) is 16.3 Å². The third-order valence-electron chi connectivity index (χ3n) is 4.16. The van der Waals surface area contributed by atoms with Gasteiger partial charge in [-0.3, -0.25) is 9.80 Å². The van der Waals surface area contributed by atoms with E-state index in [2.05, 4.69) is 5.10 Å². The molecule has 2 heterocycles. The van der Waals surface area contributed by atoms with Crippen molar-refractivity contribution in [3.63, 3.8) is 0 Å². The van der Waals surface area contributed by atoms with Gasteiger partial charge in [0.05, 0.1) is 23.8 Å². The number of benzene rings is 1. The van der Waals surface area contributed by atoms with Crippen LogP contribution >= 0.6 is 11.6 Å². The van der Waals surface area contributed by atoms with Crippen LogP contribution in [0.15, 0.2) is 28.2 Å². The van der Waals surface area contributed by atoms with Crippen LogP contribution in [0.3, 0.4) is 0 Å². The van der Waals surface area contributed by atoms with E-state index in [-0.39, 0.29) is 4.90 Å². The molecule has 1 aromatic carbocycles. The fourth-order valence-corrected chi connectivity index (χ4v) is 4.41. The molecule has 0 unspecified atom stereocenters. The predicted molar refractivity (Wildman–Crippen MR) is 95.7 cm³/mol. The van der Waals surface area contributed by atoms with Gasteiger partial charge in [0.25, 0.3) is 5.91 Å². The van der Waals surface area contributed by atoms with E-state index < -0.39 is 20.8 Å². The summed E-state index contributed by atoms with van der Waals surface area (Å²) in [4.78, 5) is 14.3. The summed E-state index contributed by atoms with van der Waals surface area (Å²) >= 11 is 6.03. The minimum absolute atomic E-state index is 0.0691. The van der Waals surface area contributed by atoms with Crippen LogP contribution in [0.2, 0.25) is 5.02 Å². The van der Waals surface area contributed by atoms with Crippen LogP contribution in [0.25, 0.3) is 0 Å². The Hall–Kier alpha value is -1.64. The van der Waals surface area contributed by atoms with Gasteiger partial charge in [-0.1, -0.05) is 24.9 Å². The molecule has 2 aliphatic heterocycles. The number of ether oxygens (including phenoxy) is 1. The van der Waals surface area contributed by atoms with Gasteiger partial charge in [0.15, 0.2) is 0 Å². The number of rotatable bonds is 4. The van der Waals surface area contributed by atoms with Gasteiger partial charge in [0.1, 0.15) is 0 Å². The number of nitrogens with zero attached hydrogens (tertiary/aromatic N) is 3. The summed E-state index contributed by atoms with van der Waals surface area (Å²) < 4.78 is 31.1. The highest BCUT2D eigenvalue weighted by atomic mass is 35.5. The van der Waals surface area contributed by atoms with Gasteiger partial charge < -0.3 is 9.64 Å². The quantitative estimate of drug-likeness (QED) is 0.791. The first-order valence-electron chi connectivity index (χ1n) is 8.23. The second kappa shape index (κ2) is 7.31. The molecule has 0 spiro atoms. The monoisotopic (exact) mass is 385 g/mol. The van der Waals surface area contributed by atoms with Crippen molar-refractivity contribution in [3.05, 3.63) is 23.2 Å². The van der Waals surface area contributed by atoms with Crippen molar-refractivity contribution >= 4 is 38.1 Å². The van der Waals surface area contributed by atoms with Crippen molar-refractivity contribution in [2.24, 2.45) is 5.10 Å². The lowest BCUT2D eigenvalue weighted by molar-refractivity contribution is -0.127. The molecule has 0 radical (unpaired) electrons. The highest BCUT2D eigenvalue weighted by Gasteiger charge is 2.39. The van der Waals surface area contributed by atoms with E-state index in [1.54, 1.807) is 11.1 Å². The third kappa shape index (κ3) is 3.51. The zero-order valence-electron chi connectivity index (χ0n) is 13.9. The van der Waals surface area contributed by atoms with Crippen LogP contribution < -0.4 is 5.01 Å². The molecule has 0 atom stereocenters. The molecule has 3 rings (SSSR count). The number of hydrogen-bond donors (Lipinski definition) is 0. The molecule has 0 aromatic heterocycles. The standard InChI is InChI=1S/C16H20ClN3O4S/c1-2-3-6-20-13-11-12(17)4-5-14(13)25(22,23)15(18-20)16(21)19-7-9-24-10-8-19/h4-5,11H,2-3,6-10H2,1H3. The molecular weight excluding hydrogens is 366 g/mol. The van der Waals surface area contributed by atoms with Crippen molar-refractivity contribution in [1.82, 2.24) is 4.90 Å². The maximum atomic E-state index is 12.9. The molecule has 0 N–H and O–H groups in total. The zero-order valence-corrected chi connectivity index (χ0v) is 15.5. The van der Waals surface area contributed by atoms with E-state index in [0.29, 0.717) is 43.6 Å². The van der Waals surface area contributed by atoms with Crippen LogP contribution in [0.1, 0.15) is 19.8 Å². The van der Waals surface area contributed by atoms with Gasteiger partial charge in [-0.15, -0.1) is 0 Å². The number of amides is 1. The SMILES string of the molecule is CCCCN1N=C(C(=O)N2CCOCC2)S(=O)(=O)c2ccc(Cl)cc21. The number of fused-ring (bicyclic) bond motifs is 1. The fourth-order valence-electron chi connectivity index (χ4n) is 2.78. The van der Waals surface area contributed by atoms with Gasteiger partial charge in [-0.2, -0.15) is 5.10 Å². The summed E-state index contributed by atoms with van der Waals surface area (Å²) in [5.74, 6) is -0.578. The predicted octanol–water partition coefficient (Wildman–Crippen LogP) is 1.91. The van der Waals surface area contributed by atoms with E-state index in [9.17, 15) is 13.2 Å². The maximum absolute atomic E-state index is 12.9. The number of hydrogen-bond acceptors (Lipinski definition) is 6. The number of unbranched alkanes of at least 4 members (excludes halogenated alkanes) is 1. The lowest BCUT2D eigenvalue weighted by Crippen LogP contribution is -2.47. The van der Waals surface area contributed by atoms with Crippen molar-refractivity contribution in [2.75, 3.05) is 37.9 Å². The first kappa shape index (κ1) is 18.2. The van der Waals surface area contributed by atoms with Crippen molar-refractivity contribution in [3.8, 4) is 0 Å². The second-order valence-electron chi connectivity index (χ2n) is 5.90. The molecule has 0 saturated carbocycles. The van der Waals surface area contributed by atoms with Crippen LogP contribution in [-0.4, -0.2) is 57.1 Å². The molecule has 1 amide bonds. The number of anilines is 1. The number of halogens is 1. The number of morpholine rings is 1. The summed E-state index contributed by atoms with van der Waals surface area (Å²) in [7, 11) is -3.99. The molecule has 2 aliphatic rings. The van der Waals surface area contributed by atoms with Crippen LogP contribution in [-0.2, 0) is 19.4 Å². The smallest absolute Gasteiger partial charge is 0.286 e. The van der Waals surface area contributed by atoms with Crippen molar-refractivity contribution in [2.45, 2.75) is 24.7 Å². The molecular formula is C16H20ClN3O4S. The first-order valence-corrected chi connectivity index (χ1v) is 10.1. The average Bonchev–Trinajstić information content (AvgIpc) is 2.61. The van der Waals surface area contributed by atoms with Gasteiger partial charge in [-0.05, 0) is 24.6 Å². The van der Waals surface area contributed by atoms with Gasteiger partial charge in [-0.25, -0.2) is 8.42 Å². The lowest BCUT2D eigenvalue weighted by Gasteiger charge is -2.31.